The van der Waals surface area contributed by atoms with Gasteiger partial charge in [-0.15, -0.1) is 0 Å². The molecule has 1 aromatic carbocycles. The molecule has 0 radical (unpaired) electrons. The number of aryl methyl sites for hydroxylation is 1. The SMILES string of the molecule is Cc1nc2c(cnn2C(C)C)cc1C(=O)NCCc1ccc(S(N)(=O)=O)cc1. The third kappa shape index (κ3) is 4.20. The lowest BCUT2D eigenvalue weighted by atomic mass is 10.1. The maximum atomic E-state index is 12.6. The van der Waals surface area contributed by atoms with Gasteiger partial charge in [-0.05, 0) is 51.0 Å². The summed E-state index contributed by atoms with van der Waals surface area (Å²) in [5.74, 6) is -0.203. The van der Waals surface area contributed by atoms with Crippen LogP contribution in [0.2, 0.25) is 0 Å². The van der Waals surface area contributed by atoms with E-state index < -0.39 is 10.0 Å². The van der Waals surface area contributed by atoms with E-state index in [1.54, 1.807) is 31.3 Å². The molecule has 28 heavy (non-hydrogen) atoms. The molecular weight excluding hydrogens is 378 g/mol. The molecule has 0 aliphatic carbocycles. The number of rotatable bonds is 6. The van der Waals surface area contributed by atoms with Gasteiger partial charge in [-0.25, -0.2) is 23.2 Å². The van der Waals surface area contributed by atoms with Crippen molar-refractivity contribution in [2.24, 2.45) is 5.14 Å². The zero-order valence-corrected chi connectivity index (χ0v) is 16.8. The van der Waals surface area contributed by atoms with Crippen LogP contribution in [0.1, 0.15) is 41.5 Å². The molecule has 0 aliphatic heterocycles. The lowest BCUT2D eigenvalue weighted by Crippen LogP contribution is -2.26. The van der Waals surface area contributed by atoms with E-state index in [9.17, 15) is 13.2 Å². The van der Waals surface area contributed by atoms with Crippen LogP contribution in [0, 0.1) is 6.92 Å². The molecule has 148 valence electrons. The first-order valence-corrected chi connectivity index (χ1v) is 10.5. The molecule has 9 heteroatoms. The van der Waals surface area contributed by atoms with Crippen LogP contribution in [-0.4, -0.2) is 35.6 Å². The molecule has 0 aliphatic rings. The Balaban J connectivity index is 1.67. The Bertz CT molecular complexity index is 1120. The molecule has 2 aromatic heterocycles. The number of nitrogens with one attached hydrogen (secondary N) is 1. The van der Waals surface area contributed by atoms with E-state index in [1.165, 1.54) is 12.1 Å². The lowest BCUT2D eigenvalue weighted by Gasteiger charge is -2.10. The third-order valence-electron chi connectivity index (χ3n) is 4.44. The van der Waals surface area contributed by atoms with Crippen LogP contribution in [-0.2, 0) is 16.4 Å². The van der Waals surface area contributed by atoms with E-state index in [2.05, 4.69) is 15.4 Å². The first-order chi connectivity index (χ1) is 13.2. The highest BCUT2D eigenvalue weighted by molar-refractivity contribution is 7.89. The average Bonchev–Trinajstić information content (AvgIpc) is 3.03. The van der Waals surface area contributed by atoms with Gasteiger partial charge in [0.2, 0.25) is 10.0 Å². The Hall–Kier alpha value is -2.78. The van der Waals surface area contributed by atoms with Crippen LogP contribution >= 0.6 is 0 Å². The van der Waals surface area contributed by atoms with E-state index in [-0.39, 0.29) is 16.8 Å². The van der Waals surface area contributed by atoms with Gasteiger partial charge in [0, 0.05) is 18.0 Å². The number of primary sulfonamides is 1. The number of fused-ring (bicyclic) bond motifs is 1. The second-order valence-electron chi connectivity index (χ2n) is 6.91. The summed E-state index contributed by atoms with van der Waals surface area (Å²) < 4.78 is 24.4. The molecule has 3 N–H and O–H groups in total. The van der Waals surface area contributed by atoms with E-state index in [1.807, 2.05) is 18.5 Å². The first kappa shape index (κ1) is 20.0. The molecule has 3 rings (SSSR count). The molecule has 2 heterocycles. The highest BCUT2D eigenvalue weighted by atomic mass is 32.2. The number of benzene rings is 1. The molecule has 0 saturated carbocycles. The highest BCUT2D eigenvalue weighted by Gasteiger charge is 2.15. The first-order valence-electron chi connectivity index (χ1n) is 8.91. The Morgan fingerprint density at radius 2 is 1.93 bits per heavy atom. The topological polar surface area (TPSA) is 120 Å². The van der Waals surface area contributed by atoms with Crippen molar-refractivity contribution in [3.05, 3.63) is 53.3 Å². The maximum absolute atomic E-state index is 12.6. The van der Waals surface area contributed by atoms with Crippen molar-refractivity contribution in [2.75, 3.05) is 6.54 Å². The predicted molar refractivity (Wildman–Crippen MR) is 107 cm³/mol. The summed E-state index contributed by atoms with van der Waals surface area (Å²) in [6.07, 6.45) is 2.28. The number of sulfonamides is 1. The Kier molecular flexibility index (Phi) is 5.48. The van der Waals surface area contributed by atoms with Gasteiger partial charge < -0.3 is 5.32 Å². The summed E-state index contributed by atoms with van der Waals surface area (Å²) in [4.78, 5) is 17.2. The molecule has 0 saturated heterocycles. The minimum Gasteiger partial charge on any atom is -0.352 e. The predicted octanol–water partition coefficient (Wildman–Crippen LogP) is 1.94. The number of nitrogens with zero attached hydrogens (tertiary/aromatic N) is 3. The second kappa shape index (κ2) is 7.69. The van der Waals surface area contributed by atoms with Crippen molar-refractivity contribution in [3.63, 3.8) is 0 Å². The molecule has 0 fully saturated rings. The molecule has 0 spiro atoms. The van der Waals surface area contributed by atoms with Gasteiger partial charge in [0.05, 0.1) is 22.3 Å². The number of hydrogen-bond donors (Lipinski definition) is 2. The van der Waals surface area contributed by atoms with Crippen LogP contribution in [0.3, 0.4) is 0 Å². The molecule has 1 amide bonds. The summed E-state index contributed by atoms with van der Waals surface area (Å²) >= 11 is 0. The standard InChI is InChI=1S/C19H23N5O3S/c1-12(2)24-18-15(11-22-24)10-17(13(3)23-18)19(25)21-9-8-14-4-6-16(7-5-14)28(20,26)27/h4-7,10-12H,8-9H2,1-3H3,(H,21,25)(H2,20,26,27). The number of nitrogens with two attached hydrogens (primary N) is 1. The molecule has 0 bridgehead atoms. The molecule has 8 nitrogen and oxygen atoms in total. The normalized spacial score (nSPS) is 11.9. The number of amides is 1. The Morgan fingerprint density at radius 1 is 1.25 bits per heavy atom. The number of aromatic nitrogens is 3. The van der Waals surface area contributed by atoms with E-state index >= 15 is 0 Å². The lowest BCUT2D eigenvalue weighted by molar-refractivity contribution is 0.0953. The van der Waals surface area contributed by atoms with Crippen molar-refractivity contribution < 1.29 is 13.2 Å². The maximum Gasteiger partial charge on any atom is 0.253 e. The Labute approximate surface area is 163 Å². The number of carbonyl (C=O) groups is 1. The van der Waals surface area contributed by atoms with Gasteiger partial charge >= 0.3 is 0 Å². The smallest absolute Gasteiger partial charge is 0.253 e. The number of hydrogen-bond acceptors (Lipinski definition) is 5. The van der Waals surface area contributed by atoms with E-state index in [4.69, 9.17) is 5.14 Å². The van der Waals surface area contributed by atoms with Crippen molar-refractivity contribution in [1.82, 2.24) is 20.1 Å². The van der Waals surface area contributed by atoms with Crippen LogP contribution in [0.4, 0.5) is 0 Å². The minimum absolute atomic E-state index is 0.0669. The highest BCUT2D eigenvalue weighted by Crippen LogP contribution is 2.19. The minimum atomic E-state index is -3.70. The van der Waals surface area contributed by atoms with Crippen LogP contribution in [0.15, 0.2) is 41.4 Å². The van der Waals surface area contributed by atoms with Crippen LogP contribution in [0.5, 0.6) is 0 Å². The van der Waals surface area contributed by atoms with Crippen LogP contribution in [0.25, 0.3) is 11.0 Å². The second-order valence-corrected chi connectivity index (χ2v) is 8.47. The molecular formula is C19H23N5O3S. The molecule has 0 atom stereocenters. The van der Waals surface area contributed by atoms with Crippen molar-refractivity contribution in [3.8, 4) is 0 Å². The van der Waals surface area contributed by atoms with Crippen molar-refractivity contribution >= 4 is 27.0 Å². The fraction of sp³-hybridized carbons (Fsp3) is 0.316. The zero-order valence-electron chi connectivity index (χ0n) is 16.0. The number of carbonyl (C=O) groups excluding carboxylic acids is 1. The molecule has 0 unspecified atom stereocenters. The van der Waals surface area contributed by atoms with Gasteiger partial charge in [0.25, 0.3) is 5.91 Å². The molecule has 3 aromatic rings. The average molecular weight is 401 g/mol. The fourth-order valence-corrected chi connectivity index (χ4v) is 3.45. The summed E-state index contributed by atoms with van der Waals surface area (Å²) in [5.41, 5.74) is 2.82. The summed E-state index contributed by atoms with van der Waals surface area (Å²) in [6.45, 7) is 6.27. The van der Waals surface area contributed by atoms with Gasteiger partial charge in [-0.3, -0.25) is 4.79 Å². The van der Waals surface area contributed by atoms with Crippen molar-refractivity contribution in [2.45, 2.75) is 38.1 Å². The van der Waals surface area contributed by atoms with Gasteiger partial charge in [0.15, 0.2) is 5.65 Å². The van der Waals surface area contributed by atoms with Crippen LogP contribution < -0.4 is 10.5 Å². The summed E-state index contributed by atoms with van der Waals surface area (Å²) in [7, 11) is -3.70. The van der Waals surface area contributed by atoms with E-state index in [0.717, 1.165) is 16.6 Å². The summed E-state index contributed by atoms with van der Waals surface area (Å²) in [6, 6.07) is 8.28. The monoisotopic (exact) mass is 401 g/mol. The van der Waals surface area contributed by atoms with E-state index in [0.29, 0.717) is 24.2 Å². The largest absolute Gasteiger partial charge is 0.352 e. The van der Waals surface area contributed by atoms with Gasteiger partial charge in [-0.2, -0.15) is 5.10 Å². The zero-order chi connectivity index (χ0) is 20.5. The van der Waals surface area contributed by atoms with Gasteiger partial charge in [-0.1, -0.05) is 12.1 Å². The van der Waals surface area contributed by atoms with Gasteiger partial charge in [0.1, 0.15) is 0 Å². The van der Waals surface area contributed by atoms with Crippen molar-refractivity contribution in [1.29, 1.82) is 0 Å². The third-order valence-corrected chi connectivity index (χ3v) is 5.37. The Morgan fingerprint density at radius 3 is 2.54 bits per heavy atom. The summed E-state index contributed by atoms with van der Waals surface area (Å²) in [5, 5.41) is 13.1. The quantitative estimate of drug-likeness (QED) is 0.654. The fourth-order valence-electron chi connectivity index (χ4n) is 2.93. The number of pyridine rings is 1.